The lowest BCUT2D eigenvalue weighted by Gasteiger charge is -2.22. The fourth-order valence-electron chi connectivity index (χ4n) is 2.72. The fourth-order valence-corrected chi connectivity index (χ4v) is 2.72. The molecule has 3 nitrogen and oxygen atoms in total. The standard InChI is InChI=1S/C17H26O3/c1-3-19-17-13-14(9-10-16(17)18-2)11-12-20-15-7-5-4-6-8-15/h9-10,13,15H,3-8,11-12H2,1-2H3. The van der Waals surface area contributed by atoms with Gasteiger partial charge in [-0.05, 0) is 43.9 Å². The number of benzene rings is 1. The molecule has 0 saturated heterocycles. The molecule has 0 aliphatic heterocycles. The van der Waals surface area contributed by atoms with Crippen LogP contribution in [-0.4, -0.2) is 26.4 Å². The van der Waals surface area contributed by atoms with Gasteiger partial charge in [-0.15, -0.1) is 0 Å². The van der Waals surface area contributed by atoms with E-state index in [2.05, 4.69) is 12.1 Å². The lowest BCUT2D eigenvalue weighted by Crippen LogP contribution is -2.17. The van der Waals surface area contributed by atoms with E-state index in [-0.39, 0.29) is 0 Å². The average molecular weight is 278 g/mol. The molecule has 0 aromatic heterocycles. The molecular weight excluding hydrogens is 252 g/mol. The molecule has 1 fully saturated rings. The second-order valence-electron chi connectivity index (χ2n) is 5.30. The number of ether oxygens (including phenoxy) is 3. The van der Waals surface area contributed by atoms with Gasteiger partial charge in [0.25, 0.3) is 0 Å². The van der Waals surface area contributed by atoms with E-state index in [0.29, 0.717) is 12.7 Å². The highest BCUT2D eigenvalue weighted by Gasteiger charge is 2.13. The summed E-state index contributed by atoms with van der Waals surface area (Å²) in [6, 6.07) is 6.12. The van der Waals surface area contributed by atoms with E-state index in [1.807, 2.05) is 13.0 Å². The molecule has 0 bridgehead atoms. The van der Waals surface area contributed by atoms with Crippen LogP contribution in [0.25, 0.3) is 0 Å². The maximum atomic E-state index is 5.97. The summed E-state index contributed by atoms with van der Waals surface area (Å²) >= 11 is 0. The van der Waals surface area contributed by atoms with Gasteiger partial charge in [0.05, 0.1) is 26.4 Å². The third-order valence-electron chi connectivity index (χ3n) is 3.82. The minimum atomic E-state index is 0.480. The highest BCUT2D eigenvalue weighted by molar-refractivity contribution is 5.43. The van der Waals surface area contributed by atoms with Gasteiger partial charge in [0.15, 0.2) is 11.5 Å². The van der Waals surface area contributed by atoms with Crippen LogP contribution >= 0.6 is 0 Å². The molecule has 0 radical (unpaired) electrons. The third-order valence-corrected chi connectivity index (χ3v) is 3.82. The highest BCUT2D eigenvalue weighted by atomic mass is 16.5. The Bertz CT molecular complexity index is 397. The van der Waals surface area contributed by atoms with Crippen molar-refractivity contribution >= 4 is 0 Å². The fraction of sp³-hybridized carbons (Fsp3) is 0.647. The van der Waals surface area contributed by atoms with Crippen LogP contribution in [0.1, 0.15) is 44.6 Å². The molecule has 20 heavy (non-hydrogen) atoms. The molecule has 2 rings (SSSR count). The van der Waals surface area contributed by atoms with Crippen molar-refractivity contribution in [2.45, 2.75) is 51.6 Å². The molecule has 1 aliphatic carbocycles. The Hall–Kier alpha value is -1.22. The van der Waals surface area contributed by atoms with Crippen molar-refractivity contribution in [1.29, 1.82) is 0 Å². The lowest BCUT2D eigenvalue weighted by atomic mass is 9.98. The summed E-state index contributed by atoms with van der Waals surface area (Å²) in [5.74, 6) is 1.62. The van der Waals surface area contributed by atoms with Crippen LogP contribution in [0, 0.1) is 0 Å². The van der Waals surface area contributed by atoms with Gasteiger partial charge in [0.2, 0.25) is 0 Å². The van der Waals surface area contributed by atoms with Gasteiger partial charge in [-0.25, -0.2) is 0 Å². The predicted octanol–water partition coefficient (Wildman–Crippen LogP) is 3.99. The number of methoxy groups -OCH3 is 1. The Morgan fingerprint density at radius 1 is 1.10 bits per heavy atom. The molecule has 1 saturated carbocycles. The molecule has 0 N–H and O–H groups in total. The Balaban J connectivity index is 1.84. The molecule has 0 spiro atoms. The molecule has 112 valence electrons. The highest BCUT2D eigenvalue weighted by Crippen LogP contribution is 2.28. The van der Waals surface area contributed by atoms with E-state index in [4.69, 9.17) is 14.2 Å². The summed E-state index contributed by atoms with van der Waals surface area (Å²) < 4.78 is 16.9. The van der Waals surface area contributed by atoms with E-state index in [1.165, 1.54) is 37.7 Å². The van der Waals surface area contributed by atoms with Gasteiger partial charge in [0, 0.05) is 0 Å². The Morgan fingerprint density at radius 2 is 1.90 bits per heavy atom. The lowest BCUT2D eigenvalue weighted by molar-refractivity contribution is 0.0303. The number of rotatable bonds is 7. The zero-order valence-electron chi connectivity index (χ0n) is 12.7. The summed E-state index contributed by atoms with van der Waals surface area (Å²) in [6.07, 6.45) is 7.88. The minimum absolute atomic E-state index is 0.480. The Kier molecular flexibility index (Phi) is 6.19. The van der Waals surface area contributed by atoms with Crippen molar-refractivity contribution in [3.05, 3.63) is 23.8 Å². The normalized spacial score (nSPS) is 16.1. The van der Waals surface area contributed by atoms with Crippen molar-refractivity contribution in [1.82, 2.24) is 0 Å². The summed E-state index contributed by atoms with van der Waals surface area (Å²) in [7, 11) is 1.67. The zero-order valence-corrected chi connectivity index (χ0v) is 12.7. The molecule has 0 amide bonds. The van der Waals surface area contributed by atoms with Crippen LogP contribution < -0.4 is 9.47 Å². The molecule has 3 heteroatoms. The first kappa shape index (κ1) is 15.2. The summed E-state index contributed by atoms with van der Waals surface area (Å²) in [6.45, 7) is 3.43. The van der Waals surface area contributed by atoms with Gasteiger partial charge in [-0.1, -0.05) is 25.3 Å². The average Bonchev–Trinajstić information content (AvgIpc) is 2.49. The second-order valence-corrected chi connectivity index (χ2v) is 5.30. The van der Waals surface area contributed by atoms with Crippen molar-refractivity contribution in [2.75, 3.05) is 20.3 Å². The summed E-state index contributed by atoms with van der Waals surface area (Å²) in [5.41, 5.74) is 1.24. The van der Waals surface area contributed by atoms with Crippen molar-refractivity contribution < 1.29 is 14.2 Å². The van der Waals surface area contributed by atoms with Gasteiger partial charge < -0.3 is 14.2 Å². The van der Waals surface area contributed by atoms with Gasteiger partial charge in [0.1, 0.15) is 0 Å². The quantitative estimate of drug-likeness (QED) is 0.755. The predicted molar refractivity (Wildman–Crippen MR) is 80.7 cm³/mol. The first-order valence-corrected chi connectivity index (χ1v) is 7.74. The van der Waals surface area contributed by atoms with E-state index in [1.54, 1.807) is 7.11 Å². The Labute approximate surface area is 122 Å². The van der Waals surface area contributed by atoms with Crippen molar-refractivity contribution in [3.63, 3.8) is 0 Å². The summed E-state index contributed by atoms with van der Waals surface area (Å²) in [5, 5.41) is 0. The van der Waals surface area contributed by atoms with Crippen LogP contribution in [0.5, 0.6) is 11.5 Å². The van der Waals surface area contributed by atoms with E-state index < -0.39 is 0 Å². The molecule has 0 atom stereocenters. The minimum Gasteiger partial charge on any atom is -0.493 e. The Morgan fingerprint density at radius 3 is 2.60 bits per heavy atom. The van der Waals surface area contributed by atoms with Crippen molar-refractivity contribution in [3.8, 4) is 11.5 Å². The third kappa shape index (κ3) is 4.41. The van der Waals surface area contributed by atoms with Gasteiger partial charge >= 0.3 is 0 Å². The van der Waals surface area contributed by atoms with Crippen LogP contribution in [0.2, 0.25) is 0 Å². The van der Waals surface area contributed by atoms with Crippen LogP contribution in [0.15, 0.2) is 18.2 Å². The molecule has 1 aliphatic rings. The van der Waals surface area contributed by atoms with Crippen LogP contribution in [-0.2, 0) is 11.2 Å². The second kappa shape index (κ2) is 8.15. The maximum Gasteiger partial charge on any atom is 0.161 e. The summed E-state index contributed by atoms with van der Waals surface area (Å²) in [4.78, 5) is 0. The van der Waals surface area contributed by atoms with E-state index in [9.17, 15) is 0 Å². The monoisotopic (exact) mass is 278 g/mol. The molecule has 1 aromatic carbocycles. The zero-order chi connectivity index (χ0) is 14.2. The number of hydrogen-bond acceptors (Lipinski definition) is 3. The smallest absolute Gasteiger partial charge is 0.161 e. The maximum absolute atomic E-state index is 5.97. The van der Waals surface area contributed by atoms with E-state index >= 15 is 0 Å². The van der Waals surface area contributed by atoms with Crippen molar-refractivity contribution in [2.24, 2.45) is 0 Å². The van der Waals surface area contributed by atoms with E-state index in [0.717, 1.165) is 24.5 Å². The SMILES string of the molecule is CCOc1cc(CCOC2CCCCC2)ccc1OC. The van der Waals surface area contributed by atoms with Gasteiger partial charge in [-0.2, -0.15) is 0 Å². The number of hydrogen-bond donors (Lipinski definition) is 0. The first-order chi connectivity index (χ1) is 9.83. The largest absolute Gasteiger partial charge is 0.493 e. The first-order valence-electron chi connectivity index (χ1n) is 7.74. The molecule has 1 aromatic rings. The van der Waals surface area contributed by atoms with Crippen LogP contribution in [0.4, 0.5) is 0 Å². The molecule has 0 heterocycles. The topological polar surface area (TPSA) is 27.7 Å². The molecular formula is C17H26O3. The molecule has 0 unspecified atom stereocenters. The van der Waals surface area contributed by atoms with Gasteiger partial charge in [-0.3, -0.25) is 0 Å². The van der Waals surface area contributed by atoms with Crippen LogP contribution in [0.3, 0.4) is 0 Å².